The van der Waals surface area contributed by atoms with Crippen LogP contribution in [0.5, 0.6) is 0 Å². The lowest BCUT2D eigenvalue weighted by Crippen LogP contribution is -2.15. The van der Waals surface area contributed by atoms with Gasteiger partial charge < -0.3 is 4.98 Å². The fourth-order valence-electron chi connectivity index (χ4n) is 1.83. The Kier molecular flexibility index (Phi) is 3.02. The van der Waals surface area contributed by atoms with Crippen LogP contribution in [0.1, 0.15) is 36.8 Å². The number of H-pyrrole nitrogens is 1. The lowest BCUT2D eigenvalue weighted by molar-refractivity contribution is 0.519. The van der Waals surface area contributed by atoms with Crippen molar-refractivity contribution in [2.24, 2.45) is 0 Å². The van der Waals surface area contributed by atoms with E-state index in [0.717, 1.165) is 11.3 Å². The molecule has 0 aromatic carbocycles. The molecule has 0 amide bonds. The van der Waals surface area contributed by atoms with E-state index in [1.807, 2.05) is 18.5 Å². The molecule has 2 aromatic heterocycles. The smallest absolute Gasteiger partial charge is 0.272 e. The van der Waals surface area contributed by atoms with Crippen molar-refractivity contribution >= 4 is 0 Å². The minimum atomic E-state index is -0.226. The molecule has 96 valence electrons. The van der Waals surface area contributed by atoms with Crippen LogP contribution in [-0.2, 0) is 0 Å². The second kappa shape index (κ2) is 4.36. The molecule has 0 radical (unpaired) electrons. The molecule has 0 aliphatic heterocycles. The Labute approximate surface area is 105 Å². The van der Waals surface area contributed by atoms with Gasteiger partial charge in [-0.05, 0) is 34.6 Å². The first-order valence-corrected chi connectivity index (χ1v) is 5.91. The Morgan fingerprint density at radius 3 is 2.33 bits per heavy atom. The Morgan fingerprint density at radius 2 is 1.83 bits per heavy atom. The highest BCUT2D eigenvalue weighted by Gasteiger charge is 2.16. The van der Waals surface area contributed by atoms with Crippen LogP contribution >= 0.6 is 0 Å². The summed E-state index contributed by atoms with van der Waals surface area (Å²) in [5.41, 5.74) is 2.90. The molecular weight excluding hydrogens is 230 g/mol. The molecule has 0 unspecified atom stereocenters. The maximum Gasteiger partial charge on any atom is 0.272 e. The molecule has 0 saturated heterocycles. The summed E-state index contributed by atoms with van der Waals surface area (Å²) < 4.78 is 1.92. The number of hydrogen-bond acceptors (Lipinski definition) is 4. The van der Waals surface area contributed by atoms with Crippen molar-refractivity contribution in [2.45, 2.75) is 40.7 Å². The standard InChI is InChI=1S/C12H17N5O/c1-6(2)17-9(5)7(3)10(16-17)11-13-12(18)8(4)14-15-11/h6H,1-5H3,(H,13,15,18). The Morgan fingerprint density at radius 1 is 1.17 bits per heavy atom. The topological polar surface area (TPSA) is 76.5 Å². The Balaban J connectivity index is 2.61. The van der Waals surface area contributed by atoms with Crippen molar-refractivity contribution in [1.82, 2.24) is 25.0 Å². The van der Waals surface area contributed by atoms with Crippen molar-refractivity contribution in [2.75, 3.05) is 0 Å². The third-order valence-corrected chi connectivity index (χ3v) is 3.02. The van der Waals surface area contributed by atoms with Gasteiger partial charge in [0.05, 0.1) is 0 Å². The SMILES string of the molecule is Cc1c(-c2nnc(C)c(=O)[nH]2)nn(C(C)C)c1C. The molecule has 6 heteroatoms. The van der Waals surface area contributed by atoms with Gasteiger partial charge in [-0.25, -0.2) is 0 Å². The first-order valence-electron chi connectivity index (χ1n) is 5.91. The Hall–Kier alpha value is -1.98. The van der Waals surface area contributed by atoms with Gasteiger partial charge in [0, 0.05) is 17.3 Å². The number of aryl methyl sites for hydroxylation is 1. The van der Waals surface area contributed by atoms with Crippen LogP contribution in [0.3, 0.4) is 0 Å². The lowest BCUT2D eigenvalue weighted by atomic mass is 10.2. The molecule has 0 aliphatic rings. The van der Waals surface area contributed by atoms with Gasteiger partial charge in [-0.3, -0.25) is 9.48 Å². The molecule has 0 saturated carbocycles. The van der Waals surface area contributed by atoms with Crippen LogP contribution in [0.25, 0.3) is 11.5 Å². The summed E-state index contributed by atoms with van der Waals surface area (Å²) in [4.78, 5) is 14.3. The summed E-state index contributed by atoms with van der Waals surface area (Å²) in [6.07, 6.45) is 0. The fraction of sp³-hybridized carbons (Fsp3) is 0.500. The molecule has 2 heterocycles. The first kappa shape index (κ1) is 12.5. The van der Waals surface area contributed by atoms with E-state index in [0.29, 0.717) is 17.2 Å². The summed E-state index contributed by atoms with van der Waals surface area (Å²) >= 11 is 0. The fourth-order valence-corrected chi connectivity index (χ4v) is 1.83. The largest absolute Gasteiger partial charge is 0.302 e. The van der Waals surface area contributed by atoms with E-state index >= 15 is 0 Å². The van der Waals surface area contributed by atoms with Crippen LogP contribution in [0.15, 0.2) is 4.79 Å². The van der Waals surface area contributed by atoms with Crippen molar-refractivity contribution in [3.05, 3.63) is 27.3 Å². The third-order valence-electron chi connectivity index (χ3n) is 3.02. The van der Waals surface area contributed by atoms with E-state index < -0.39 is 0 Å². The van der Waals surface area contributed by atoms with Crippen LogP contribution < -0.4 is 5.56 Å². The van der Waals surface area contributed by atoms with E-state index in [1.54, 1.807) is 6.92 Å². The number of hydrogen-bond donors (Lipinski definition) is 1. The minimum Gasteiger partial charge on any atom is -0.302 e. The predicted molar refractivity (Wildman–Crippen MR) is 68.5 cm³/mol. The lowest BCUT2D eigenvalue weighted by Gasteiger charge is -2.07. The van der Waals surface area contributed by atoms with Gasteiger partial charge in [-0.15, -0.1) is 10.2 Å². The van der Waals surface area contributed by atoms with Crippen molar-refractivity contribution in [3.8, 4) is 11.5 Å². The molecule has 0 bridgehead atoms. The molecule has 6 nitrogen and oxygen atoms in total. The molecule has 0 spiro atoms. The normalized spacial score (nSPS) is 11.2. The quantitative estimate of drug-likeness (QED) is 0.873. The summed E-state index contributed by atoms with van der Waals surface area (Å²) in [6.45, 7) is 9.72. The molecular formula is C12H17N5O. The maximum absolute atomic E-state index is 11.6. The monoisotopic (exact) mass is 247 g/mol. The van der Waals surface area contributed by atoms with Crippen molar-refractivity contribution < 1.29 is 0 Å². The van der Waals surface area contributed by atoms with Crippen LogP contribution in [0.4, 0.5) is 0 Å². The molecule has 2 aromatic rings. The summed E-state index contributed by atoms with van der Waals surface area (Å²) in [5, 5.41) is 12.3. The summed E-state index contributed by atoms with van der Waals surface area (Å²) in [7, 11) is 0. The highest BCUT2D eigenvalue weighted by atomic mass is 16.1. The van der Waals surface area contributed by atoms with Gasteiger partial charge >= 0.3 is 0 Å². The van der Waals surface area contributed by atoms with E-state index in [-0.39, 0.29) is 11.6 Å². The zero-order valence-corrected chi connectivity index (χ0v) is 11.3. The van der Waals surface area contributed by atoms with Crippen LogP contribution in [-0.4, -0.2) is 25.0 Å². The zero-order chi connectivity index (χ0) is 13.4. The van der Waals surface area contributed by atoms with Gasteiger partial charge in [-0.1, -0.05) is 0 Å². The Bertz CT molecular complexity index is 638. The van der Waals surface area contributed by atoms with Gasteiger partial charge in [0.2, 0.25) is 0 Å². The summed E-state index contributed by atoms with van der Waals surface area (Å²) in [5.74, 6) is 0.422. The minimum absolute atomic E-state index is 0.226. The molecule has 0 fully saturated rings. The first-order chi connectivity index (χ1) is 8.41. The molecule has 2 rings (SSSR count). The third kappa shape index (κ3) is 1.94. The molecule has 18 heavy (non-hydrogen) atoms. The second-order valence-electron chi connectivity index (χ2n) is 4.69. The maximum atomic E-state index is 11.6. The summed E-state index contributed by atoms with van der Waals surface area (Å²) in [6, 6.07) is 0.266. The van der Waals surface area contributed by atoms with E-state index in [2.05, 4.69) is 34.1 Å². The van der Waals surface area contributed by atoms with Crippen LogP contribution in [0.2, 0.25) is 0 Å². The van der Waals surface area contributed by atoms with E-state index in [4.69, 9.17) is 0 Å². The van der Waals surface area contributed by atoms with Gasteiger partial charge in [-0.2, -0.15) is 5.10 Å². The van der Waals surface area contributed by atoms with Crippen molar-refractivity contribution in [1.29, 1.82) is 0 Å². The van der Waals surface area contributed by atoms with E-state index in [1.165, 1.54) is 0 Å². The van der Waals surface area contributed by atoms with Gasteiger partial charge in [0.1, 0.15) is 11.4 Å². The van der Waals surface area contributed by atoms with Gasteiger partial charge in [0.25, 0.3) is 5.56 Å². The highest BCUT2D eigenvalue weighted by molar-refractivity contribution is 5.55. The number of nitrogens with one attached hydrogen (secondary N) is 1. The van der Waals surface area contributed by atoms with Gasteiger partial charge in [0.15, 0.2) is 5.82 Å². The molecule has 0 aliphatic carbocycles. The number of rotatable bonds is 2. The van der Waals surface area contributed by atoms with Crippen molar-refractivity contribution in [3.63, 3.8) is 0 Å². The molecule has 0 atom stereocenters. The number of aromatic amines is 1. The van der Waals surface area contributed by atoms with Crippen LogP contribution in [0, 0.1) is 20.8 Å². The highest BCUT2D eigenvalue weighted by Crippen LogP contribution is 2.22. The number of nitrogens with zero attached hydrogens (tertiary/aromatic N) is 4. The molecule has 1 N–H and O–H groups in total. The van der Waals surface area contributed by atoms with E-state index in [9.17, 15) is 4.79 Å². The zero-order valence-electron chi connectivity index (χ0n) is 11.3. The number of aromatic nitrogens is 5. The predicted octanol–water partition coefficient (Wildman–Crippen LogP) is 1.53. The second-order valence-corrected chi connectivity index (χ2v) is 4.69. The average molecular weight is 247 g/mol. The average Bonchev–Trinajstić information content (AvgIpc) is 2.60.